The van der Waals surface area contributed by atoms with Crippen molar-refractivity contribution >= 4 is 10.1 Å². The Morgan fingerprint density at radius 2 is 1.46 bits per heavy atom. The van der Waals surface area contributed by atoms with Gasteiger partial charge in [0.05, 0.1) is 10.1 Å². The second kappa shape index (κ2) is 15.1. The molecule has 5 heteroatoms. The van der Waals surface area contributed by atoms with Crippen molar-refractivity contribution < 1.29 is 42.5 Å². The van der Waals surface area contributed by atoms with Crippen molar-refractivity contribution in [2.75, 3.05) is 5.75 Å². The number of aryl methyl sites for hydroxylation is 1. The molecule has 0 bridgehead atoms. The standard InChI is InChI=1S/C21H36O3S.Na/c1-3-4-5-6-7-8-9-13-20-14-16-21(17-15-20)19(2)12-10-11-18-25(22,23)24;/h14-17,19H,3-13,18H2,1-2H3,(H,22,23,24);/q;+1/p-1. The van der Waals surface area contributed by atoms with Crippen LogP contribution in [0, 0.1) is 0 Å². The largest absolute Gasteiger partial charge is 1.00 e. The normalized spacial score (nSPS) is 12.6. The molecule has 0 N–H and O–H groups in total. The number of benzene rings is 1. The van der Waals surface area contributed by atoms with Crippen LogP contribution in [0.15, 0.2) is 24.3 Å². The second-order valence-corrected chi connectivity index (χ2v) is 8.80. The van der Waals surface area contributed by atoms with E-state index in [9.17, 15) is 13.0 Å². The first kappa shape index (κ1) is 26.1. The van der Waals surface area contributed by atoms with Crippen LogP contribution in [0.2, 0.25) is 0 Å². The van der Waals surface area contributed by atoms with Crippen LogP contribution in [0.5, 0.6) is 0 Å². The summed E-state index contributed by atoms with van der Waals surface area (Å²) in [6.07, 6.45) is 12.7. The molecule has 0 heterocycles. The van der Waals surface area contributed by atoms with Crippen molar-refractivity contribution in [1.29, 1.82) is 0 Å². The molecule has 0 aliphatic carbocycles. The van der Waals surface area contributed by atoms with Crippen molar-refractivity contribution in [2.24, 2.45) is 0 Å². The smallest absolute Gasteiger partial charge is 0.748 e. The van der Waals surface area contributed by atoms with E-state index >= 15 is 0 Å². The third-order valence-electron chi connectivity index (χ3n) is 4.90. The fourth-order valence-electron chi connectivity index (χ4n) is 3.20. The Labute approximate surface area is 183 Å². The minimum atomic E-state index is -4.06. The van der Waals surface area contributed by atoms with Gasteiger partial charge in [0, 0.05) is 5.75 Å². The molecule has 0 saturated heterocycles. The zero-order chi connectivity index (χ0) is 18.5. The number of hydrogen-bond donors (Lipinski definition) is 0. The maximum atomic E-state index is 10.6. The molecule has 1 unspecified atom stereocenters. The zero-order valence-electron chi connectivity index (χ0n) is 17.0. The maximum Gasteiger partial charge on any atom is 1.00 e. The van der Waals surface area contributed by atoms with Gasteiger partial charge < -0.3 is 4.55 Å². The second-order valence-electron chi connectivity index (χ2n) is 7.27. The van der Waals surface area contributed by atoms with Gasteiger partial charge in [-0.25, -0.2) is 8.42 Å². The predicted molar refractivity (Wildman–Crippen MR) is 105 cm³/mol. The fourth-order valence-corrected chi connectivity index (χ4v) is 3.75. The van der Waals surface area contributed by atoms with Crippen molar-refractivity contribution in [3.63, 3.8) is 0 Å². The molecule has 0 aliphatic heterocycles. The molecular formula is C21H35NaO3S. The average molecular weight is 391 g/mol. The summed E-state index contributed by atoms with van der Waals surface area (Å²) in [5, 5.41) is 0. The van der Waals surface area contributed by atoms with Crippen molar-refractivity contribution in [1.82, 2.24) is 0 Å². The molecule has 0 saturated carbocycles. The van der Waals surface area contributed by atoms with Crippen LogP contribution in [-0.4, -0.2) is 18.7 Å². The van der Waals surface area contributed by atoms with Crippen molar-refractivity contribution in [3.05, 3.63) is 35.4 Å². The summed E-state index contributed by atoms with van der Waals surface area (Å²) in [6, 6.07) is 8.85. The molecule has 1 aromatic carbocycles. The van der Waals surface area contributed by atoms with E-state index in [0.29, 0.717) is 12.3 Å². The van der Waals surface area contributed by atoms with E-state index in [1.54, 1.807) is 0 Å². The number of unbranched alkanes of at least 4 members (excludes halogenated alkanes) is 7. The molecular weight excluding hydrogens is 355 g/mol. The average Bonchev–Trinajstić information content (AvgIpc) is 2.57. The zero-order valence-corrected chi connectivity index (χ0v) is 19.8. The molecule has 0 aliphatic rings. The van der Waals surface area contributed by atoms with Gasteiger partial charge in [0.1, 0.15) is 0 Å². The van der Waals surface area contributed by atoms with Gasteiger partial charge in [-0.2, -0.15) is 0 Å². The molecule has 26 heavy (non-hydrogen) atoms. The van der Waals surface area contributed by atoms with Crippen LogP contribution < -0.4 is 29.6 Å². The SMILES string of the molecule is CCCCCCCCCc1ccc(C(C)CCCCS(=O)(=O)[O-])cc1.[Na+]. The maximum absolute atomic E-state index is 10.6. The molecule has 0 spiro atoms. The minimum Gasteiger partial charge on any atom is -0.748 e. The van der Waals surface area contributed by atoms with Crippen LogP contribution >= 0.6 is 0 Å². The van der Waals surface area contributed by atoms with Gasteiger partial charge in [0.15, 0.2) is 0 Å². The first-order chi connectivity index (χ1) is 11.9. The van der Waals surface area contributed by atoms with Gasteiger partial charge in [0.25, 0.3) is 0 Å². The van der Waals surface area contributed by atoms with Gasteiger partial charge in [-0.3, -0.25) is 0 Å². The number of rotatable bonds is 14. The topological polar surface area (TPSA) is 57.2 Å². The molecule has 0 amide bonds. The first-order valence-electron chi connectivity index (χ1n) is 9.94. The van der Waals surface area contributed by atoms with Gasteiger partial charge >= 0.3 is 29.6 Å². The Morgan fingerprint density at radius 3 is 2.04 bits per heavy atom. The van der Waals surface area contributed by atoms with Crippen LogP contribution in [0.1, 0.15) is 95.1 Å². The summed E-state index contributed by atoms with van der Waals surface area (Å²) in [6.45, 7) is 4.42. The molecule has 1 atom stereocenters. The molecule has 144 valence electrons. The Kier molecular flexibility index (Phi) is 15.2. The Balaban J connectivity index is 0.00000625. The van der Waals surface area contributed by atoms with Gasteiger partial charge in [-0.15, -0.1) is 0 Å². The van der Waals surface area contributed by atoms with E-state index in [1.807, 2.05) is 0 Å². The van der Waals surface area contributed by atoms with Crippen molar-refractivity contribution in [3.8, 4) is 0 Å². The minimum absolute atomic E-state index is 0. The predicted octanol–water partition coefficient (Wildman–Crippen LogP) is 2.80. The molecule has 3 nitrogen and oxygen atoms in total. The van der Waals surface area contributed by atoms with Crippen LogP contribution in [0.25, 0.3) is 0 Å². The summed E-state index contributed by atoms with van der Waals surface area (Å²) >= 11 is 0. The van der Waals surface area contributed by atoms with Crippen LogP contribution in [0.3, 0.4) is 0 Å². The van der Waals surface area contributed by atoms with E-state index in [0.717, 1.165) is 19.3 Å². The van der Waals surface area contributed by atoms with E-state index in [2.05, 4.69) is 38.1 Å². The van der Waals surface area contributed by atoms with E-state index in [-0.39, 0.29) is 35.3 Å². The summed E-state index contributed by atoms with van der Waals surface area (Å²) in [7, 11) is -4.06. The summed E-state index contributed by atoms with van der Waals surface area (Å²) in [4.78, 5) is 0. The van der Waals surface area contributed by atoms with Gasteiger partial charge in [-0.05, 0) is 42.7 Å². The quantitative estimate of drug-likeness (QED) is 0.279. The Bertz CT molecular complexity index is 555. The van der Waals surface area contributed by atoms with E-state index < -0.39 is 10.1 Å². The third-order valence-corrected chi connectivity index (χ3v) is 5.69. The molecule has 0 radical (unpaired) electrons. The van der Waals surface area contributed by atoms with Crippen LogP contribution in [-0.2, 0) is 16.5 Å². The van der Waals surface area contributed by atoms with Crippen LogP contribution in [0.4, 0.5) is 0 Å². The Morgan fingerprint density at radius 1 is 0.885 bits per heavy atom. The summed E-state index contributed by atoms with van der Waals surface area (Å²) in [5.41, 5.74) is 2.70. The summed E-state index contributed by atoms with van der Waals surface area (Å²) in [5.74, 6) is 0.166. The molecule has 0 aromatic heterocycles. The third kappa shape index (κ3) is 13.3. The van der Waals surface area contributed by atoms with E-state index in [1.165, 1.54) is 56.1 Å². The van der Waals surface area contributed by atoms with Gasteiger partial charge in [-0.1, -0.05) is 83.1 Å². The molecule has 0 fully saturated rings. The molecule has 1 rings (SSSR count). The van der Waals surface area contributed by atoms with Crippen molar-refractivity contribution in [2.45, 2.75) is 90.4 Å². The fraction of sp³-hybridized carbons (Fsp3) is 0.714. The summed E-state index contributed by atoms with van der Waals surface area (Å²) < 4.78 is 31.8. The monoisotopic (exact) mass is 390 g/mol. The first-order valence-corrected chi connectivity index (χ1v) is 11.5. The van der Waals surface area contributed by atoms with Gasteiger partial charge in [0.2, 0.25) is 0 Å². The Hall–Kier alpha value is 0.130. The van der Waals surface area contributed by atoms with E-state index in [4.69, 9.17) is 0 Å². The number of hydrogen-bond acceptors (Lipinski definition) is 3. The molecule has 1 aromatic rings.